The molecule has 0 aliphatic carbocycles. The van der Waals surface area contributed by atoms with Gasteiger partial charge in [0.2, 0.25) is 11.8 Å². The largest absolute Gasteiger partial charge is 0.355 e. The van der Waals surface area contributed by atoms with Crippen molar-refractivity contribution in [2.45, 2.75) is 25.8 Å². The Kier molecular flexibility index (Phi) is 5.21. The quantitative estimate of drug-likeness (QED) is 0.685. The number of halogens is 1. The predicted molar refractivity (Wildman–Crippen MR) is 67.0 cm³/mol. The van der Waals surface area contributed by atoms with Crippen LogP contribution in [0.4, 0.5) is 0 Å². The van der Waals surface area contributed by atoms with Crippen LogP contribution in [0, 0.1) is 5.92 Å². The van der Waals surface area contributed by atoms with Gasteiger partial charge in [0.15, 0.2) is 0 Å². The summed E-state index contributed by atoms with van der Waals surface area (Å²) in [6, 6.07) is 0.263. The topological polar surface area (TPSA) is 61.4 Å². The molecule has 2 amide bonds. The fourth-order valence-electron chi connectivity index (χ4n) is 2.35. The molecule has 2 saturated heterocycles. The number of carbonyl (C=O) groups is 2. The highest BCUT2D eigenvalue weighted by atomic mass is 35.5. The van der Waals surface area contributed by atoms with Crippen LogP contribution in [-0.4, -0.2) is 48.9 Å². The number of piperazine rings is 1. The first-order chi connectivity index (χ1) is 7.68. The Morgan fingerprint density at radius 1 is 1.41 bits per heavy atom. The lowest BCUT2D eigenvalue weighted by atomic mass is 9.96. The summed E-state index contributed by atoms with van der Waals surface area (Å²) in [7, 11) is 0. The van der Waals surface area contributed by atoms with Crippen molar-refractivity contribution in [3.8, 4) is 0 Å². The lowest BCUT2D eigenvalue weighted by Crippen LogP contribution is -2.55. The molecule has 2 heterocycles. The molecule has 2 rings (SSSR count). The number of rotatable bonds is 1. The molecule has 0 radical (unpaired) electrons. The van der Waals surface area contributed by atoms with E-state index < -0.39 is 0 Å². The van der Waals surface area contributed by atoms with Crippen molar-refractivity contribution < 1.29 is 9.59 Å². The van der Waals surface area contributed by atoms with Crippen molar-refractivity contribution in [3.63, 3.8) is 0 Å². The zero-order valence-corrected chi connectivity index (χ0v) is 10.9. The first-order valence-corrected chi connectivity index (χ1v) is 5.96. The molecule has 0 bridgehead atoms. The van der Waals surface area contributed by atoms with E-state index in [1.807, 2.05) is 4.90 Å². The lowest BCUT2D eigenvalue weighted by Gasteiger charge is -2.37. The second kappa shape index (κ2) is 6.21. The van der Waals surface area contributed by atoms with E-state index in [4.69, 9.17) is 0 Å². The van der Waals surface area contributed by atoms with E-state index in [0.29, 0.717) is 19.4 Å². The molecule has 2 aliphatic rings. The molecule has 98 valence electrons. The maximum absolute atomic E-state index is 12.2. The summed E-state index contributed by atoms with van der Waals surface area (Å²) >= 11 is 0. The normalized spacial score (nSPS) is 29.2. The zero-order chi connectivity index (χ0) is 11.5. The number of hydrogen-bond donors (Lipinski definition) is 2. The van der Waals surface area contributed by atoms with Crippen molar-refractivity contribution in [3.05, 3.63) is 0 Å². The Morgan fingerprint density at radius 2 is 2.18 bits per heavy atom. The summed E-state index contributed by atoms with van der Waals surface area (Å²) in [5, 5.41) is 6.03. The van der Waals surface area contributed by atoms with Crippen LogP contribution < -0.4 is 10.6 Å². The van der Waals surface area contributed by atoms with Gasteiger partial charge in [0.25, 0.3) is 0 Å². The molecule has 0 aromatic heterocycles. The van der Waals surface area contributed by atoms with Gasteiger partial charge in [0, 0.05) is 38.6 Å². The molecular formula is C11H20ClN3O2. The van der Waals surface area contributed by atoms with Gasteiger partial charge in [-0.25, -0.2) is 0 Å². The molecule has 0 aromatic carbocycles. The van der Waals surface area contributed by atoms with E-state index in [2.05, 4.69) is 17.6 Å². The minimum atomic E-state index is -0.0155. The standard InChI is InChI=1S/C11H19N3O2.ClH/c1-8-6-12-4-5-14(8)11(16)9-2-3-10(15)13-7-9;/h8-9,12H,2-7H2,1H3,(H,13,15);1H. The summed E-state index contributed by atoms with van der Waals surface area (Å²) in [6.45, 7) is 5.09. The molecule has 2 atom stereocenters. The highest BCUT2D eigenvalue weighted by Gasteiger charge is 2.31. The molecule has 2 unspecified atom stereocenters. The van der Waals surface area contributed by atoms with Crippen LogP contribution in [0.1, 0.15) is 19.8 Å². The van der Waals surface area contributed by atoms with Gasteiger partial charge in [0.1, 0.15) is 0 Å². The van der Waals surface area contributed by atoms with Crippen LogP contribution in [0.3, 0.4) is 0 Å². The molecule has 6 heteroatoms. The second-order valence-corrected chi connectivity index (χ2v) is 4.62. The first kappa shape index (κ1) is 14.3. The van der Waals surface area contributed by atoms with Crippen LogP contribution in [0.15, 0.2) is 0 Å². The molecular weight excluding hydrogens is 242 g/mol. The minimum absolute atomic E-state index is 0. The van der Waals surface area contributed by atoms with Gasteiger partial charge in [-0.2, -0.15) is 0 Å². The Morgan fingerprint density at radius 3 is 2.76 bits per heavy atom. The van der Waals surface area contributed by atoms with Crippen molar-refractivity contribution in [1.82, 2.24) is 15.5 Å². The second-order valence-electron chi connectivity index (χ2n) is 4.62. The van der Waals surface area contributed by atoms with Gasteiger partial charge in [-0.1, -0.05) is 0 Å². The molecule has 0 aromatic rings. The Hall–Kier alpha value is -0.810. The summed E-state index contributed by atoms with van der Waals surface area (Å²) in [5.41, 5.74) is 0. The molecule has 2 N–H and O–H groups in total. The molecule has 0 saturated carbocycles. The highest BCUT2D eigenvalue weighted by Crippen LogP contribution is 2.16. The summed E-state index contributed by atoms with van der Waals surface area (Å²) in [6.07, 6.45) is 1.18. The monoisotopic (exact) mass is 261 g/mol. The van der Waals surface area contributed by atoms with Crippen LogP contribution in [0.25, 0.3) is 0 Å². The predicted octanol–water partition coefficient (Wildman–Crippen LogP) is -0.245. The third kappa shape index (κ3) is 3.33. The van der Waals surface area contributed by atoms with Crippen LogP contribution in [-0.2, 0) is 9.59 Å². The summed E-state index contributed by atoms with van der Waals surface area (Å²) in [4.78, 5) is 25.2. The molecule has 2 aliphatic heterocycles. The minimum Gasteiger partial charge on any atom is -0.355 e. The highest BCUT2D eigenvalue weighted by molar-refractivity contribution is 5.85. The average molecular weight is 262 g/mol. The number of amides is 2. The number of nitrogens with zero attached hydrogens (tertiary/aromatic N) is 1. The van der Waals surface area contributed by atoms with Crippen LogP contribution in [0.5, 0.6) is 0 Å². The first-order valence-electron chi connectivity index (χ1n) is 5.96. The van der Waals surface area contributed by atoms with Gasteiger partial charge < -0.3 is 15.5 Å². The van der Waals surface area contributed by atoms with Gasteiger partial charge in [-0.15, -0.1) is 12.4 Å². The number of hydrogen-bond acceptors (Lipinski definition) is 3. The van der Waals surface area contributed by atoms with E-state index in [0.717, 1.165) is 19.6 Å². The van der Waals surface area contributed by atoms with Crippen molar-refractivity contribution in [2.75, 3.05) is 26.2 Å². The Labute approximate surface area is 108 Å². The fraction of sp³-hybridized carbons (Fsp3) is 0.818. The van der Waals surface area contributed by atoms with Crippen LogP contribution in [0.2, 0.25) is 0 Å². The molecule has 2 fully saturated rings. The van der Waals surface area contributed by atoms with E-state index >= 15 is 0 Å². The number of carbonyl (C=O) groups excluding carboxylic acids is 2. The van der Waals surface area contributed by atoms with Crippen molar-refractivity contribution in [2.24, 2.45) is 5.92 Å². The maximum Gasteiger partial charge on any atom is 0.227 e. The van der Waals surface area contributed by atoms with E-state index in [-0.39, 0.29) is 36.2 Å². The van der Waals surface area contributed by atoms with E-state index in [1.165, 1.54) is 0 Å². The zero-order valence-electron chi connectivity index (χ0n) is 10.1. The van der Waals surface area contributed by atoms with Crippen molar-refractivity contribution in [1.29, 1.82) is 0 Å². The fourth-order valence-corrected chi connectivity index (χ4v) is 2.35. The molecule has 0 spiro atoms. The molecule has 5 nitrogen and oxygen atoms in total. The summed E-state index contributed by atoms with van der Waals surface area (Å²) in [5.74, 6) is 0.254. The van der Waals surface area contributed by atoms with Crippen molar-refractivity contribution >= 4 is 24.2 Å². The van der Waals surface area contributed by atoms with Gasteiger partial charge in [0.05, 0.1) is 5.92 Å². The Balaban J connectivity index is 0.00000144. The van der Waals surface area contributed by atoms with E-state index in [9.17, 15) is 9.59 Å². The van der Waals surface area contributed by atoms with Gasteiger partial charge in [-0.3, -0.25) is 9.59 Å². The van der Waals surface area contributed by atoms with E-state index in [1.54, 1.807) is 0 Å². The van der Waals surface area contributed by atoms with Crippen LogP contribution >= 0.6 is 12.4 Å². The van der Waals surface area contributed by atoms with Gasteiger partial charge >= 0.3 is 0 Å². The third-order valence-corrected chi connectivity index (χ3v) is 3.40. The average Bonchev–Trinajstić information content (AvgIpc) is 2.30. The van der Waals surface area contributed by atoms with Gasteiger partial charge in [-0.05, 0) is 13.3 Å². The summed E-state index contributed by atoms with van der Waals surface area (Å²) < 4.78 is 0. The number of nitrogens with one attached hydrogen (secondary N) is 2. The smallest absolute Gasteiger partial charge is 0.227 e. The SMILES string of the molecule is CC1CNCCN1C(=O)C1CCC(=O)NC1.Cl. The number of piperidine rings is 1. The Bertz CT molecular complexity index is 288. The lowest BCUT2D eigenvalue weighted by molar-refractivity contribution is -0.140. The third-order valence-electron chi connectivity index (χ3n) is 3.40. The maximum atomic E-state index is 12.2. The molecule has 17 heavy (non-hydrogen) atoms.